The van der Waals surface area contributed by atoms with Gasteiger partial charge in [-0.1, -0.05) is 40.2 Å². The van der Waals surface area contributed by atoms with Crippen molar-refractivity contribution in [1.82, 2.24) is 9.80 Å². The third kappa shape index (κ3) is 8.01. The van der Waals surface area contributed by atoms with Crippen LogP contribution < -0.4 is 11.1 Å². The summed E-state index contributed by atoms with van der Waals surface area (Å²) in [5.74, 6) is -1.43. The van der Waals surface area contributed by atoms with Gasteiger partial charge in [0.1, 0.15) is 0 Å². The van der Waals surface area contributed by atoms with Crippen molar-refractivity contribution in [3.63, 3.8) is 0 Å². The molecule has 0 aromatic heterocycles. The van der Waals surface area contributed by atoms with Crippen LogP contribution in [0.15, 0.2) is 65.1 Å². The molecular formula is C40H45BrN4O8. The van der Waals surface area contributed by atoms with Crippen molar-refractivity contribution in [3.8, 4) is 0 Å². The van der Waals surface area contributed by atoms with Crippen LogP contribution in [0.1, 0.15) is 92.8 Å². The smallest absolute Gasteiger partial charge is 0.261 e. The molecule has 0 unspecified atom stereocenters. The number of aliphatic hydroxyl groups is 4. The van der Waals surface area contributed by atoms with Gasteiger partial charge in [0.2, 0.25) is 0 Å². The van der Waals surface area contributed by atoms with E-state index >= 15 is 0 Å². The summed E-state index contributed by atoms with van der Waals surface area (Å²) < 4.78 is 0.851. The summed E-state index contributed by atoms with van der Waals surface area (Å²) in [7, 11) is 0. The lowest BCUT2D eigenvalue weighted by Gasteiger charge is -2.30. The largest absolute Gasteiger partial charge is 0.395 e. The fourth-order valence-corrected chi connectivity index (χ4v) is 7.99. The van der Waals surface area contributed by atoms with Crippen molar-refractivity contribution >= 4 is 66.8 Å². The zero-order valence-electron chi connectivity index (χ0n) is 29.3. The molecule has 2 heterocycles. The van der Waals surface area contributed by atoms with E-state index in [0.29, 0.717) is 39.1 Å². The fourth-order valence-electron chi connectivity index (χ4n) is 7.53. The molecule has 280 valence electrons. The van der Waals surface area contributed by atoms with Crippen LogP contribution in [0, 0.1) is 0 Å². The number of rotatable bonds is 6. The van der Waals surface area contributed by atoms with Gasteiger partial charge in [0, 0.05) is 60.7 Å². The van der Waals surface area contributed by atoms with Crippen LogP contribution >= 0.6 is 15.9 Å². The normalized spacial score (nSPS) is 22.3. The van der Waals surface area contributed by atoms with E-state index in [-0.39, 0.29) is 68.2 Å². The van der Waals surface area contributed by atoms with Crippen molar-refractivity contribution in [1.29, 1.82) is 0 Å². The Labute approximate surface area is 315 Å². The summed E-state index contributed by atoms with van der Waals surface area (Å²) in [5.41, 5.74) is 8.48. The minimum absolute atomic E-state index is 0.00209. The van der Waals surface area contributed by atoms with E-state index in [1.807, 2.05) is 24.3 Å². The lowest BCUT2D eigenvalue weighted by molar-refractivity contribution is 0.0567. The summed E-state index contributed by atoms with van der Waals surface area (Å²) >= 11 is 3.43. The molecule has 2 fully saturated rings. The lowest BCUT2D eigenvalue weighted by Crippen LogP contribution is -2.42. The summed E-state index contributed by atoms with van der Waals surface area (Å²) in [4.78, 5) is 52.2. The van der Waals surface area contributed by atoms with Crippen LogP contribution in [0.4, 0.5) is 5.69 Å². The average molecular weight is 790 g/mol. The number of hydrogen-bond donors (Lipinski definition) is 6. The molecule has 0 spiro atoms. The molecule has 53 heavy (non-hydrogen) atoms. The first-order chi connectivity index (χ1) is 25.5. The van der Waals surface area contributed by atoms with Gasteiger partial charge in [-0.25, -0.2) is 0 Å². The number of aliphatic hydroxyl groups excluding tert-OH is 4. The zero-order chi connectivity index (χ0) is 37.8. The minimum Gasteiger partial charge on any atom is -0.395 e. The third-order valence-corrected chi connectivity index (χ3v) is 11.1. The molecule has 0 atom stereocenters. The second-order valence-corrected chi connectivity index (χ2v) is 14.8. The Morgan fingerprint density at radius 2 is 1.04 bits per heavy atom. The number of benzene rings is 4. The summed E-state index contributed by atoms with van der Waals surface area (Å²) in [6.45, 7) is -0.475. The zero-order valence-corrected chi connectivity index (χ0v) is 30.9. The molecule has 4 amide bonds. The molecule has 4 aromatic carbocycles. The Morgan fingerprint density at radius 3 is 1.53 bits per heavy atom. The van der Waals surface area contributed by atoms with Crippen LogP contribution in [0.25, 0.3) is 21.5 Å². The van der Waals surface area contributed by atoms with Gasteiger partial charge in [0.25, 0.3) is 23.6 Å². The molecule has 7 N–H and O–H groups in total. The number of β-amino-alcohol motifs (C(OH)–C–C–N with tert-alkyl or cyclic N) is 2. The molecule has 4 aromatic rings. The van der Waals surface area contributed by atoms with E-state index < -0.39 is 0 Å². The van der Waals surface area contributed by atoms with Gasteiger partial charge in [-0.15, -0.1) is 0 Å². The molecule has 2 saturated carbocycles. The Morgan fingerprint density at radius 1 is 0.604 bits per heavy atom. The fraction of sp³-hybridized carbons (Fsp3) is 0.400. The Hall–Kier alpha value is -4.24. The third-order valence-electron chi connectivity index (χ3n) is 10.4. The van der Waals surface area contributed by atoms with E-state index in [1.54, 1.807) is 36.4 Å². The molecule has 2 aliphatic carbocycles. The van der Waals surface area contributed by atoms with E-state index in [1.165, 1.54) is 0 Å². The number of hydrogen-bond acceptors (Lipinski definition) is 10. The van der Waals surface area contributed by atoms with E-state index in [2.05, 4.69) is 21.2 Å². The number of anilines is 1. The first kappa shape index (κ1) is 38.5. The van der Waals surface area contributed by atoms with Gasteiger partial charge in [-0.3, -0.25) is 29.0 Å². The molecule has 0 bridgehead atoms. The molecule has 2 aliphatic heterocycles. The lowest BCUT2D eigenvalue weighted by atomic mass is 9.91. The Balaban J connectivity index is 0.000000155. The van der Waals surface area contributed by atoms with Crippen molar-refractivity contribution in [2.24, 2.45) is 5.73 Å². The van der Waals surface area contributed by atoms with Crippen LogP contribution in [0.5, 0.6) is 0 Å². The highest BCUT2D eigenvalue weighted by Gasteiger charge is 2.34. The molecule has 13 heteroatoms. The number of nitrogens with zero attached hydrogens (tertiary/aromatic N) is 2. The van der Waals surface area contributed by atoms with Gasteiger partial charge in [-0.05, 0) is 93.2 Å². The highest BCUT2D eigenvalue weighted by molar-refractivity contribution is 9.10. The standard InChI is InChI=1S/C20H22N2O4.C14H10BrNO3.C6H13NO/c23-11-10-22-19(25)15-3-1-2-14-17(9-8-16(18(14)15)20(22)26)21-12-4-6-13(24)7-5-12;15-11-5-4-10-12-8(11)2-1-3-9(12)13(18)16(6-7-17)14(10)19;7-5-1-3-6(8)4-2-5/h1-3,8-9,12-13,21,23-24H,4-7,10-11H2;1-5,17H,6-7H2;5-6,8H,1-4,7H2. The predicted molar refractivity (Wildman–Crippen MR) is 205 cm³/mol. The van der Waals surface area contributed by atoms with Crippen molar-refractivity contribution in [3.05, 3.63) is 87.4 Å². The van der Waals surface area contributed by atoms with E-state index in [9.17, 15) is 24.3 Å². The molecular weight excluding hydrogens is 744 g/mol. The van der Waals surface area contributed by atoms with Crippen LogP contribution in [-0.4, -0.2) is 104 Å². The number of amides is 4. The van der Waals surface area contributed by atoms with E-state index in [4.69, 9.17) is 21.1 Å². The van der Waals surface area contributed by atoms with E-state index in [0.717, 1.165) is 82.1 Å². The topological polar surface area (TPSA) is 194 Å². The maximum Gasteiger partial charge on any atom is 0.261 e. The molecule has 0 saturated heterocycles. The number of imide groups is 2. The Bertz CT molecular complexity index is 1970. The summed E-state index contributed by atoms with van der Waals surface area (Å²) in [6, 6.07) is 18.6. The summed E-state index contributed by atoms with van der Waals surface area (Å²) in [6.07, 6.45) is 6.90. The van der Waals surface area contributed by atoms with Crippen molar-refractivity contribution in [2.75, 3.05) is 31.6 Å². The van der Waals surface area contributed by atoms with Gasteiger partial charge in [0.15, 0.2) is 0 Å². The van der Waals surface area contributed by atoms with Gasteiger partial charge in [0.05, 0.1) is 38.5 Å². The second-order valence-electron chi connectivity index (χ2n) is 13.9. The summed E-state index contributed by atoms with van der Waals surface area (Å²) in [5, 5.41) is 43.4. The van der Waals surface area contributed by atoms with Crippen molar-refractivity contribution in [2.45, 2.75) is 75.7 Å². The van der Waals surface area contributed by atoms with Gasteiger partial charge < -0.3 is 31.5 Å². The average Bonchev–Trinajstić information content (AvgIpc) is 3.16. The molecule has 8 rings (SSSR count). The van der Waals surface area contributed by atoms with Crippen molar-refractivity contribution < 1.29 is 39.6 Å². The quantitative estimate of drug-likeness (QED) is 0.151. The molecule has 4 aliphatic rings. The Kier molecular flexibility index (Phi) is 12.2. The number of nitrogens with two attached hydrogens (primary N) is 1. The van der Waals surface area contributed by atoms with Gasteiger partial charge >= 0.3 is 0 Å². The predicted octanol–water partition coefficient (Wildman–Crippen LogP) is 4.58. The number of carbonyl (C=O) groups is 4. The monoisotopic (exact) mass is 788 g/mol. The van der Waals surface area contributed by atoms with Crippen LogP contribution in [-0.2, 0) is 0 Å². The SMILES string of the molecule is NC1CCC(O)CC1.O=C1c2cccc3c(Br)ccc(c23)C(=O)N1CCO.O=C1c2cccc3c(NC4CCC(O)CC4)ccc(c23)C(=O)N1CCO. The van der Waals surface area contributed by atoms with Crippen LogP contribution in [0.3, 0.4) is 0 Å². The highest BCUT2D eigenvalue weighted by Crippen LogP contribution is 2.36. The maximum absolute atomic E-state index is 12.7. The molecule has 12 nitrogen and oxygen atoms in total. The van der Waals surface area contributed by atoms with Gasteiger partial charge in [-0.2, -0.15) is 0 Å². The highest BCUT2D eigenvalue weighted by atomic mass is 79.9. The molecule has 0 radical (unpaired) electrons. The second kappa shape index (κ2) is 16.8. The number of halogens is 1. The first-order valence-electron chi connectivity index (χ1n) is 18.1. The number of carbonyl (C=O) groups excluding carboxylic acids is 4. The maximum atomic E-state index is 12.7. The number of nitrogens with one attached hydrogen (secondary N) is 1. The van der Waals surface area contributed by atoms with Crippen LogP contribution in [0.2, 0.25) is 0 Å². The minimum atomic E-state index is -0.361. The first-order valence-corrected chi connectivity index (χ1v) is 18.9.